The Morgan fingerprint density at radius 3 is 2.54 bits per heavy atom. The van der Waals surface area contributed by atoms with Crippen LogP contribution in [0.1, 0.15) is 18.4 Å². The van der Waals surface area contributed by atoms with Crippen molar-refractivity contribution in [3.8, 4) is 11.3 Å². The smallest absolute Gasteiger partial charge is 0.419 e. The first kappa shape index (κ1) is 19.3. The number of hydrogen-bond donors (Lipinski definition) is 2. The first-order chi connectivity index (χ1) is 13.1. The number of rotatable bonds is 4. The Morgan fingerprint density at radius 1 is 1.18 bits per heavy atom. The molecular formula is C17H11F4N3O4. The van der Waals surface area contributed by atoms with Crippen molar-refractivity contribution >= 4 is 17.4 Å². The zero-order valence-corrected chi connectivity index (χ0v) is 13.9. The molecule has 0 aliphatic carbocycles. The monoisotopic (exact) mass is 397 g/mol. The van der Waals surface area contributed by atoms with Crippen LogP contribution in [0.2, 0.25) is 0 Å². The van der Waals surface area contributed by atoms with Crippen LogP contribution in [0.25, 0.3) is 22.7 Å². The molecule has 0 aliphatic heterocycles. The molecule has 0 spiro atoms. The quantitative estimate of drug-likeness (QED) is 0.654. The molecule has 0 amide bonds. The fourth-order valence-electron chi connectivity index (χ4n) is 2.72. The molecule has 146 valence electrons. The molecule has 0 atom stereocenters. The standard InChI is InChI=1S/C17H11F4N3O4/c18-15-8(2-1-3-9(15)17(19,20)21)10-6-12(26)14(11(25)4-5-13(27)28)16-22-7-23-24(10)16/h1-3,6-7,25H,4-5H2,(H,27,28). The number of carboxylic acids is 1. The second-order valence-electron chi connectivity index (χ2n) is 5.77. The minimum absolute atomic E-state index is 0.234. The lowest BCUT2D eigenvalue weighted by atomic mass is 10.0. The molecule has 3 rings (SSSR count). The molecule has 0 saturated heterocycles. The number of alkyl halides is 3. The van der Waals surface area contributed by atoms with Crippen molar-refractivity contribution in [2.24, 2.45) is 0 Å². The number of aliphatic carboxylic acids is 1. The largest absolute Gasteiger partial charge is 0.511 e. The molecule has 28 heavy (non-hydrogen) atoms. The second kappa shape index (κ2) is 6.91. The van der Waals surface area contributed by atoms with E-state index in [4.69, 9.17) is 5.11 Å². The maximum Gasteiger partial charge on any atom is 0.419 e. The molecule has 2 N–H and O–H groups in total. The van der Waals surface area contributed by atoms with Crippen molar-refractivity contribution in [2.75, 3.05) is 0 Å². The number of carboxylic acid groups (broad SMARTS) is 1. The summed E-state index contributed by atoms with van der Waals surface area (Å²) in [7, 11) is 0. The Balaban J connectivity index is 2.29. The predicted molar refractivity (Wildman–Crippen MR) is 87.8 cm³/mol. The van der Waals surface area contributed by atoms with Gasteiger partial charge in [0.15, 0.2) is 11.1 Å². The van der Waals surface area contributed by atoms with Gasteiger partial charge in [0.05, 0.1) is 17.7 Å². The van der Waals surface area contributed by atoms with Gasteiger partial charge in [0, 0.05) is 18.1 Å². The topological polar surface area (TPSA) is 105 Å². The molecule has 0 unspecified atom stereocenters. The van der Waals surface area contributed by atoms with Gasteiger partial charge in [0.25, 0.3) is 0 Å². The third kappa shape index (κ3) is 3.38. The maximum atomic E-state index is 14.5. The molecule has 3 aromatic rings. The molecule has 2 aromatic heterocycles. The van der Waals surface area contributed by atoms with E-state index in [-0.39, 0.29) is 23.0 Å². The highest BCUT2D eigenvalue weighted by Crippen LogP contribution is 2.35. The molecule has 0 fully saturated rings. The molecular weight excluding hydrogens is 386 g/mol. The van der Waals surface area contributed by atoms with E-state index in [0.717, 1.165) is 29.0 Å². The van der Waals surface area contributed by atoms with Crippen LogP contribution in [0.15, 0.2) is 35.4 Å². The second-order valence-corrected chi connectivity index (χ2v) is 5.77. The molecule has 0 bridgehead atoms. The zero-order chi connectivity index (χ0) is 20.6. The van der Waals surface area contributed by atoms with Crippen molar-refractivity contribution in [1.82, 2.24) is 14.6 Å². The van der Waals surface area contributed by atoms with Gasteiger partial charge in [-0.1, -0.05) is 6.07 Å². The number of aliphatic hydroxyl groups is 1. The van der Waals surface area contributed by atoms with E-state index < -0.39 is 46.7 Å². The summed E-state index contributed by atoms with van der Waals surface area (Å²) in [4.78, 5) is 26.9. The first-order valence-electron chi connectivity index (χ1n) is 7.78. The highest BCUT2D eigenvalue weighted by molar-refractivity contribution is 5.69. The van der Waals surface area contributed by atoms with Gasteiger partial charge in [0.2, 0.25) is 0 Å². The number of hydrogen-bond acceptors (Lipinski definition) is 5. The Morgan fingerprint density at radius 2 is 1.89 bits per heavy atom. The number of benzene rings is 1. The molecule has 0 saturated carbocycles. The Hall–Kier alpha value is -3.50. The van der Waals surface area contributed by atoms with E-state index in [9.17, 15) is 32.3 Å². The number of nitrogens with zero attached hydrogens (tertiary/aromatic N) is 3. The summed E-state index contributed by atoms with van der Waals surface area (Å²) >= 11 is 0. The van der Waals surface area contributed by atoms with Gasteiger partial charge in [-0.15, -0.1) is 0 Å². The summed E-state index contributed by atoms with van der Waals surface area (Å²) in [6.45, 7) is 0. The fourth-order valence-corrected chi connectivity index (χ4v) is 2.72. The summed E-state index contributed by atoms with van der Waals surface area (Å²) in [5, 5.41) is 22.2. The molecule has 11 heteroatoms. The SMILES string of the molecule is O=C(O)CCC(O)=c1c(=O)cc(-c2cccc(C(F)(F)F)c2F)n2ncnc12. The summed E-state index contributed by atoms with van der Waals surface area (Å²) in [5.41, 5.74) is -3.43. The Kier molecular flexibility index (Phi) is 4.75. The molecule has 0 radical (unpaired) electrons. The van der Waals surface area contributed by atoms with Crippen LogP contribution in [-0.4, -0.2) is 30.8 Å². The van der Waals surface area contributed by atoms with E-state index in [1.54, 1.807) is 0 Å². The van der Waals surface area contributed by atoms with Gasteiger partial charge >= 0.3 is 12.1 Å². The van der Waals surface area contributed by atoms with E-state index >= 15 is 0 Å². The lowest BCUT2D eigenvalue weighted by Gasteiger charge is -2.12. The average molecular weight is 397 g/mol. The Labute approximate surface area is 153 Å². The first-order valence-corrected chi connectivity index (χ1v) is 7.78. The minimum Gasteiger partial charge on any atom is -0.511 e. The summed E-state index contributed by atoms with van der Waals surface area (Å²) < 4.78 is 54.3. The zero-order valence-electron chi connectivity index (χ0n) is 13.9. The minimum atomic E-state index is -4.94. The molecule has 2 heterocycles. The fraction of sp³-hybridized carbons (Fsp3) is 0.176. The summed E-state index contributed by atoms with van der Waals surface area (Å²) in [5.74, 6) is -3.36. The summed E-state index contributed by atoms with van der Waals surface area (Å²) in [6.07, 6.45) is -4.80. The predicted octanol–water partition coefficient (Wildman–Crippen LogP) is 2.16. The van der Waals surface area contributed by atoms with Gasteiger partial charge in [-0.25, -0.2) is 13.9 Å². The molecule has 1 aromatic carbocycles. The van der Waals surface area contributed by atoms with Crippen molar-refractivity contribution in [2.45, 2.75) is 19.0 Å². The number of pyridine rings is 1. The number of fused-ring (bicyclic) bond motifs is 1. The number of aliphatic hydroxyl groups excluding tert-OH is 1. The van der Waals surface area contributed by atoms with E-state index in [0.29, 0.717) is 6.07 Å². The average Bonchev–Trinajstić information content (AvgIpc) is 3.07. The van der Waals surface area contributed by atoms with Gasteiger partial charge in [-0.2, -0.15) is 18.3 Å². The lowest BCUT2D eigenvalue weighted by molar-refractivity contribution is -0.140. The summed E-state index contributed by atoms with van der Waals surface area (Å²) in [6, 6.07) is 3.41. The van der Waals surface area contributed by atoms with Crippen molar-refractivity contribution < 1.29 is 32.6 Å². The van der Waals surface area contributed by atoms with Crippen LogP contribution in [0, 0.1) is 5.82 Å². The number of aromatic nitrogens is 3. The Bertz CT molecular complexity index is 1190. The van der Waals surface area contributed by atoms with E-state index in [1.165, 1.54) is 0 Å². The third-order valence-electron chi connectivity index (χ3n) is 3.96. The van der Waals surface area contributed by atoms with Gasteiger partial charge in [0.1, 0.15) is 23.1 Å². The van der Waals surface area contributed by atoms with E-state index in [1.807, 2.05) is 0 Å². The maximum absolute atomic E-state index is 14.5. The van der Waals surface area contributed by atoms with E-state index in [2.05, 4.69) is 10.1 Å². The van der Waals surface area contributed by atoms with Crippen molar-refractivity contribution in [3.05, 3.63) is 57.4 Å². The van der Waals surface area contributed by atoms with Crippen LogP contribution in [0.4, 0.5) is 17.6 Å². The third-order valence-corrected chi connectivity index (χ3v) is 3.96. The van der Waals surface area contributed by atoms with Gasteiger partial charge in [-0.3, -0.25) is 9.59 Å². The van der Waals surface area contributed by atoms with Crippen LogP contribution in [-0.2, 0) is 11.0 Å². The normalized spacial score (nSPS) is 13.0. The van der Waals surface area contributed by atoms with Crippen LogP contribution in [0.3, 0.4) is 0 Å². The molecule has 0 aliphatic rings. The van der Waals surface area contributed by atoms with Crippen LogP contribution < -0.4 is 10.6 Å². The van der Waals surface area contributed by atoms with Gasteiger partial charge in [-0.05, 0) is 12.1 Å². The number of carbonyl (C=O) groups is 1. The highest BCUT2D eigenvalue weighted by Gasteiger charge is 2.35. The van der Waals surface area contributed by atoms with Crippen LogP contribution in [0.5, 0.6) is 0 Å². The number of halogens is 4. The molecule has 7 nitrogen and oxygen atoms in total. The van der Waals surface area contributed by atoms with Crippen molar-refractivity contribution in [3.63, 3.8) is 0 Å². The lowest BCUT2D eigenvalue weighted by Crippen LogP contribution is -2.30. The van der Waals surface area contributed by atoms with Crippen molar-refractivity contribution in [1.29, 1.82) is 0 Å². The van der Waals surface area contributed by atoms with Gasteiger partial charge < -0.3 is 10.2 Å². The van der Waals surface area contributed by atoms with Crippen LogP contribution >= 0.6 is 0 Å². The highest BCUT2D eigenvalue weighted by atomic mass is 19.4.